The smallest absolute Gasteiger partial charge is 0.289 e. The minimum atomic E-state index is -0.225. The van der Waals surface area contributed by atoms with Crippen molar-refractivity contribution in [3.05, 3.63) is 66.4 Å². The highest BCUT2D eigenvalue weighted by Gasteiger charge is 2.21. The van der Waals surface area contributed by atoms with Crippen molar-refractivity contribution in [2.24, 2.45) is 0 Å². The van der Waals surface area contributed by atoms with Crippen LogP contribution in [0.4, 0.5) is 0 Å². The molecule has 0 saturated heterocycles. The molecule has 0 aliphatic rings. The summed E-state index contributed by atoms with van der Waals surface area (Å²) in [6.45, 7) is 2.72. The van der Waals surface area contributed by atoms with Gasteiger partial charge in [-0.25, -0.2) is 4.98 Å². The van der Waals surface area contributed by atoms with Crippen LogP contribution < -0.4 is 5.32 Å². The van der Waals surface area contributed by atoms with Gasteiger partial charge in [0, 0.05) is 17.7 Å². The molecule has 0 bridgehead atoms. The number of carbonyl (C=O) groups is 1. The van der Waals surface area contributed by atoms with Crippen LogP contribution >= 0.6 is 0 Å². The maximum Gasteiger partial charge on any atom is 0.289 e. The van der Waals surface area contributed by atoms with Gasteiger partial charge in [-0.2, -0.15) is 0 Å². The SMILES string of the molecule is CCCCNC(=O)c1oc(-c2ccccc2)nc1-c1ccccc1. The molecule has 0 spiro atoms. The highest BCUT2D eigenvalue weighted by molar-refractivity contribution is 5.97. The van der Waals surface area contributed by atoms with Gasteiger partial charge in [-0.1, -0.05) is 61.9 Å². The monoisotopic (exact) mass is 320 g/mol. The molecule has 1 aromatic heterocycles. The Bertz CT molecular complexity index is 795. The van der Waals surface area contributed by atoms with E-state index in [1.165, 1.54) is 0 Å². The number of nitrogens with zero attached hydrogens (tertiary/aromatic N) is 1. The average Bonchev–Trinajstić information content (AvgIpc) is 3.09. The second-order valence-electron chi connectivity index (χ2n) is 5.54. The predicted molar refractivity (Wildman–Crippen MR) is 94.6 cm³/mol. The van der Waals surface area contributed by atoms with Crippen molar-refractivity contribution < 1.29 is 9.21 Å². The molecule has 3 aromatic rings. The van der Waals surface area contributed by atoms with Gasteiger partial charge in [0.1, 0.15) is 5.69 Å². The van der Waals surface area contributed by atoms with Crippen LogP contribution in [0.25, 0.3) is 22.7 Å². The van der Waals surface area contributed by atoms with E-state index in [1.54, 1.807) is 0 Å². The number of oxazole rings is 1. The zero-order chi connectivity index (χ0) is 16.8. The van der Waals surface area contributed by atoms with Gasteiger partial charge in [-0.05, 0) is 18.6 Å². The number of aromatic nitrogens is 1. The molecular formula is C20H20N2O2. The highest BCUT2D eigenvalue weighted by Crippen LogP contribution is 2.28. The molecule has 122 valence electrons. The lowest BCUT2D eigenvalue weighted by atomic mass is 10.1. The Kier molecular flexibility index (Phi) is 5.06. The topological polar surface area (TPSA) is 55.1 Å². The molecule has 1 N–H and O–H groups in total. The minimum Gasteiger partial charge on any atom is -0.430 e. The van der Waals surface area contributed by atoms with Crippen molar-refractivity contribution in [3.63, 3.8) is 0 Å². The first-order chi connectivity index (χ1) is 11.8. The van der Waals surface area contributed by atoms with E-state index >= 15 is 0 Å². The number of nitrogens with one attached hydrogen (secondary N) is 1. The molecule has 0 unspecified atom stereocenters. The maximum absolute atomic E-state index is 12.5. The summed E-state index contributed by atoms with van der Waals surface area (Å²) in [5.74, 6) is 0.489. The van der Waals surface area contributed by atoms with Crippen molar-refractivity contribution >= 4 is 5.91 Å². The summed E-state index contributed by atoms with van der Waals surface area (Å²) < 4.78 is 5.82. The number of hydrogen-bond donors (Lipinski definition) is 1. The molecule has 2 aromatic carbocycles. The first-order valence-electron chi connectivity index (χ1n) is 8.19. The van der Waals surface area contributed by atoms with Crippen LogP contribution in [0.5, 0.6) is 0 Å². The lowest BCUT2D eigenvalue weighted by Crippen LogP contribution is -2.24. The third kappa shape index (κ3) is 3.54. The fourth-order valence-electron chi connectivity index (χ4n) is 2.43. The first kappa shape index (κ1) is 16.0. The molecule has 0 saturated carbocycles. The van der Waals surface area contributed by atoms with Gasteiger partial charge in [0.25, 0.3) is 5.91 Å². The number of rotatable bonds is 6. The van der Waals surface area contributed by atoms with E-state index in [1.807, 2.05) is 60.7 Å². The van der Waals surface area contributed by atoms with Gasteiger partial charge >= 0.3 is 0 Å². The van der Waals surface area contributed by atoms with Crippen molar-refractivity contribution in [2.45, 2.75) is 19.8 Å². The van der Waals surface area contributed by atoms with Crippen molar-refractivity contribution in [2.75, 3.05) is 6.54 Å². The predicted octanol–water partition coefficient (Wildman–Crippen LogP) is 4.54. The minimum absolute atomic E-state index is 0.225. The van der Waals surface area contributed by atoms with Crippen LogP contribution in [0, 0.1) is 0 Å². The summed E-state index contributed by atoms with van der Waals surface area (Å²) in [4.78, 5) is 17.1. The fourth-order valence-corrected chi connectivity index (χ4v) is 2.43. The van der Waals surface area contributed by atoms with E-state index in [0.717, 1.165) is 24.0 Å². The van der Waals surface area contributed by atoms with Crippen molar-refractivity contribution in [3.8, 4) is 22.7 Å². The molecule has 0 aliphatic carbocycles. The first-order valence-corrected chi connectivity index (χ1v) is 8.19. The van der Waals surface area contributed by atoms with Crippen molar-refractivity contribution in [1.82, 2.24) is 10.3 Å². The molecular weight excluding hydrogens is 300 g/mol. The van der Waals surface area contributed by atoms with E-state index in [-0.39, 0.29) is 11.7 Å². The summed E-state index contributed by atoms with van der Waals surface area (Å²) in [6.07, 6.45) is 1.96. The number of benzene rings is 2. The third-order valence-corrected chi connectivity index (χ3v) is 3.72. The average molecular weight is 320 g/mol. The summed E-state index contributed by atoms with van der Waals surface area (Å²) in [5.41, 5.74) is 2.29. The van der Waals surface area contributed by atoms with Gasteiger partial charge in [0.2, 0.25) is 11.7 Å². The molecule has 0 fully saturated rings. The molecule has 3 rings (SSSR count). The van der Waals surface area contributed by atoms with Gasteiger partial charge in [-0.3, -0.25) is 4.79 Å². The summed E-state index contributed by atoms with van der Waals surface area (Å²) in [7, 11) is 0. The normalized spacial score (nSPS) is 10.5. The fraction of sp³-hybridized carbons (Fsp3) is 0.200. The van der Waals surface area contributed by atoms with Crippen LogP contribution in [0.2, 0.25) is 0 Å². The summed E-state index contributed by atoms with van der Waals surface area (Å²) >= 11 is 0. The standard InChI is InChI=1S/C20H20N2O2/c1-2-3-14-21-19(23)18-17(15-10-6-4-7-11-15)22-20(24-18)16-12-8-5-9-13-16/h4-13H,2-3,14H2,1H3,(H,21,23). The zero-order valence-electron chi connectivity index (χ0n) is 13.7. The van der Waals surface area contributed by atoms with Crippen LogP contribution in [0.1, 0.15) is 30.3 Å². The van der Waals surface area contributed by atoms with Gasteiger partial charge in [-0.15, -0.1) is 0 Å². The van der Waals surface area contributed by atoms with E-state index < -0.39 is 0 Å². The number of hydrogen-bond acceptors (Lipinski definition) is 3. The lowest BCUT2D eigenvalue weighted by Gasteiger charge is -2.03. The molecule has 0 atom stereocenters. The van der Waals surface area contributed by atoms with Gasteiger partial charge < -0.3 is 9.73 Å². The Labute approximate surface area is 141 Å². The van der Waals surface area contributed by atoms with Crippen molar-refractivity contribution in [1.29, 1.82) is 0 Å². The summed E-state index contributed by atoms with van der Waals surface area (Å²) in [6, 6.07) is 19.2. The third-order valence-electron chi connectivity index (χ3n) is 3.72. The quantitative estimate of drug-likeness (QED) is 0.678. The van der Waals surface area contributed by atoms with E-state index in [2.05, 4.69) is 17.2 Å². The maximum atomic E-state index is 12.5. The zero-order valence-corrected chi connectivity index (χ0v) is 13.7. The Morgan fingerprint density at radius 2 is 1.62 bits per heavy atom. The second-order valence-corrected chi connectivity index (χ2v) is 5.54. The molecule has 0 radical (unpaired) electrons. The molecule has 24 heavy (non-hydrogen) atoms. The Hall–Kier alpha value is -2.88. The molecule has 4 heteroatoms. The molecule has 1 heterocycles. The van der Waals surface area contributed by atoms with Crippen LogP contribution in [-0.4, -0.2) is 17.4 Å². The number of amides is 1. The Morgan fingerprint density at radius 3 is 2.25 bits per heavy atom. The van der Waals surface area contributed by atoms with E-state index in [0.29, 0.717) is 18.1 Å². The molecule has 0 aliphatic heterocycles. The number of carbonyl (C=O) groups excluding carboxylic acids is 1. The number of unbranched alkanes of at least 4 members (excludes halogenated alkanes) is 1. The lowest BCUT2D eigenvalue weighted by molar-refractivity contribution is 0.0927. The van der Waals surface area contributed by atoms with Gasteiger partial charge in [0.15, 0.2) is 0 Å². The Balaban J connectivity index is 1.99. The summed E-state index contributed by atoms with van der Waals surface area (Å²) in [5, 5.41) is 2.90. The second kappa shape index (κ2) is 7.59. The highest BCUT2D eigenvalue weighted by atomic mass is 16.4. The Morgan fingerprint density at radius 1 is 1.00 bits per heavy atom. The largest absolute Gasteiger partial charge is 0.430 e. The van der Waals surface area contributed by atoms with Gasteiger partial charge in [0.05, 0.1) is 0 Å². The van der Waals surface area contributed by atoms with E-state index in [4.69, 9.17) is 4.42 Å². The van der Waals surface area contributed by atoms with Crippen LogP contribution in [0.3, 0.4) is 0 Å². The molecule has 4 nitrogen and oxygen atoms in total. The van der Waals surface area contributed by atoms with Crippen LogP contribution in [0.15, 0.2) is 65.1 Å². The van der Waals surface area contributed by atoms with E-state index in [9.17, 15) is 4.79 Å². The molecule has 1 amide bonds. The van der Waals surface area contributed by atoms with Crippen LogP contribution in [-0.2, 0) is 0 Å².